The molecule has 20 heavy (non-hydrogen) atoms. The minimum Gasteiger partial charge on any atom is -0.381 e. The van der Waals surface area contributed by atoms with E-state index in [1.807, 2.05) is 0 Å². The zero-order valence-corrected chi connectivity index (χ0v) is 12.0. The van der Waals surface area contributed by atoms with Crippen LogP contribution in [0.4, 0.5) is 17.5 Å². The van der Waals surface area contributed by atoms with Gasteiger partial charge in [0.2, 0.25) is 11.8 Å². The zero-order chi connectivity index (χ0) is 14.9. The number of anilines is 2. The number of nitro groups is 1. The summed E-state index contributed by atoms with van der Waals surface area (Å²) in [6.45, 7) is 4.13. The van der Waals surface area contributed by atoms with Crippen molar-refractivity contribution in [2.24, 2.45) is 5.41 Å². The molecule has 0 aromatic carbocycles. The predicted molar refractivity (Wildman–Crippen MR) is 74.8 cm³/mol. The Balaban J connectivity index is 2.23. The van der Waals surface area contributed by atoms with Gasteiger partial charge in [-0.3, -0.25) is 10.1 Å². The molecule has 0 aliphatic heterocycles. The van der Waals surface area contributed by atoms with Crippen molar-refractivity contribution in [2.45, 2.75) is 32.4 Å². The lowest BCUT2D eigenvalue weighted by molar-refractivity contribution is -0.384. The maximum atomic E-state index is 11.0. The fourth-order valence-corrected chi connectivity index (χ4v) is 2.43. The van der Waals surface area contributed by atoms with Crippen molar-refractivity contribution in [3.05, 3.63) is 16.3 Å². The number of aromatic nitrogens is 2. The molecule has 8 nitrogen and oxygen atoms in total. The molecule has 2 N–H and O–H groups in total. The minimum absolute atomic E-state index is 0.0748. The van der Waals surface area contributed by atoms with E-state index in [9.17, 15) is 10.1 Å². The van der Waals surface area contributed by atoms with Crippen LogP contribution < -0.4 is 10.6 Å². The summed E-state index contributed by atoms with van der Waals surface area (Å²) in [6.07, 6.45) is 2.14. The van der Waals surface area contributed by atoms with Gasteiger partial charge in [0.15, 0.2) is 0 Å². The highest BCUT2D eigenvalue weighted by atomic mass is 16.6. The minimum atomic E-state index is -0.485. The van der Waals surface area contributed by atoms with E-state index in [-0.39, 0.29) is 29.1 Å². The fourth-order valence-electron chi connectivity index (χ4n) is 2.43. The molecule has 2 atom stereocenters. The van der Waals surface area contributed by atoms with Gasteiger partial charge in [-0.1, -0.05) is 13.8 Å². The van der Waals surface area contributed by atoms with Crippen molar-refractivity contribution in [1.29, 1.82) is 0 Å². The standard InChI is InChI=1S/C12H19N5O3/c1-12(2)8(5-9(12)20-4)15-10-7(17(18)19)6-14-11(13-3)16-10/h6,8-9H,5H2,1-4H3,(H2,13,14,15,16). The highest BCUT2D eigenvalue weighted by Crippen LogP contribution is 2.44. The molecule has 1 aliphatic rings. The topological polar surface area (TPSA) is 102 Å². The number of ether oxygens (including phenoxy) is 1. The largest absolute Gasteiger partial charge is 0.381 e. The molecule has 8 heteroatoms. The third kappa shape index (κ3) is 2.38. The Morgan fingerprint density at radius 2 is 2.25 bits per heavy atom. The first-order valence-corrected chi connectivity index (χ1v) is 6.38. The molecule has 0 bridgehead atoms. The van der Waals surface area contributed by atoms with Gasteiger partial charge in [-0.2, -0.15) is 4.98 Å². The van der Waals surface area contributed by atoms with Crippen molar-refractivity contribution in [3.8, 4) is 0 Å². The molecule has 0 saturated heterocycles. The number of methoxy groups -OCH3 is 1. The van der Waals surface area contributed by atoms with Crippen LogP contribution in [0.5, 0.6) is 0 Å². The van der Waals surface area contributed by atoms with Crippen LogP contribution in [0, 0.1) is 15.5 Å². The van der Waals surface area contributed by atoms with Crippen LogP contribution in [0.1, 0.15) is 20.3 Å². The third-order valence-electron chi connectivity index (χ3n) is 3.96. The molecule has 0 amide bonds. The Bertz CT molecular complexity index is 520. The van der Waals surface area contributed by atoms with E-state index in [2.05, 4.69) is 34.4 Å². The SMILES string of the molecule is CNc1ncc([N+](=O)[O-])c(NC2CC(OC)C2(C)C)n1. The van der Waals surface area contributed by atoms with Gasteiger partial charge < -0.3 is 15.4 Å². The smallest absolute Gasteiger partial charge is 0.329 e. The lowest BCUT2D eigenvalue weighted by Gasteiger charge is -2.51. The van der Waals surface area contributed by atoms with Crippen LogP contribution in [-0.4, -0.2) is 41.2 Å². The van der Waals surface area contributed by atoms with Gasteiger partial charge >= 0.3 is 5.69 Å². The second-order valence-electron chi connectivity index (χ2n) is 5.41. The Morgan fingerprint density at radius 3 is 2.75 bits per heavy atom. The first-order chi connectivity index (χ1) is 9.40. The number of hydrogen-bond acceptors (Lipinski definition) is 7. The summed E-state index contributed by atoms with van der Waals surface area (Å²) in [7, 11) is 3.34. The second kappa shape index (κ2) is 5.20. The van der Waals surface area contributed by atoms with Crippen molar-refractivity contribution < 1.29 is 9.66 Å². The van der Waals surface area contributed by atoms with Crippen LogP contribution in [-0.2, 0) is 4.74 Å². The zero-order valence-electron chi connectivity index (χ0n) is 12.0. The fraction of sp³-hybridized carbons (Fsp3) is 0.667. The lowest BCUT2D eigenvalue weighted by Crippen LogP contribution is -2.57. The molecular formula is C12H19N5O3. The molecule has 1 saturated carbocycles. The van der Waals surface area contributed by atoms with Gasteiger partial charge in [-0.05, 0) is 6.42 Å². The van der Waals surface area contributed by atoms with E-state index in [1.165, 1.54) is 6.20 Å². The predicted octanol–water partition coefficient (Wildman–Crippen LogP) is 1.65. The van der Waals surface area contributed by atoms with E-state index in [0.29, 0.717) is 5.95 Å². The summed E-state index contributed by atoms with van der Waals surface area (Å²) in [4.78, 5) is 18.6. The summed E-state index contributed by atoms with van der Waals surface area (Å²) >= 11 is 0. The lowest BCUT2D eigenvalue weighted by atomic mass is 9.64. The molecule has 0 radical (unpaired) electrons. The summed E-state index contributed by atoms with van der Waals surface area (Å²) in [5.41, 5.74) is -0.228. The van der Waals surface area contributed by atoms with Gasteiger partial charge in [0.05, 0.1) is 11.0 Å². The monoisotopic (exact) mass is 281 g/mol. The molecule has 1 heterocycles. The number of nitrogens with one attached hydrogen (secondary N) is 2. The molecule has 2 rings (SSSR count). The van der Waals surface area contributed by atoms with Gasteiger partial charge in [-0.15, -0.1) is 0 Å². The van der Waals surface area contributed by atoms with Crippen molar-refractivity contribution in [1.82, 2.24) is 9.97 Å². The molecular weight excluding hydrogens is 262 g/mol. The summed E-state index contributed by atoms with van der Waals surface area (Å²) in [5, 5.41) is 17.0. The van der Waals surface area contributed by atoms with Crippen molar-refractivity contribution in [3.63, 3.8) is 0 Å². The van der Waals surface area contributed by atoms with Crippen LogP contribution in [0.15, 0.2) is 6.20 Å². The van der Waals surface area contributed by atoms with E-state index >= 15 is 0 Å². The van der Waals surface area contributed by atoms with Crippen molar-refractivity contribution >= 4 is 17.5 Å². The Labute approximate surface area is 117 Å². The number of nitrogens with zero attached hydrogens (tertiary/aromatic N) is 3. The van der Waals surface area contributed by atoms with Crippen LogP contribution >= 0.6 is 0 Å². The maximum Gasteiger partial charge on any atom is 0.329 e. The highest BCUT2D eigenvalue weighted by Gasteiger charge is 2.49. The molecule has 1 fully saturated rings. The van der Waals surface area contributed by atoms with E-state index < -0.39 is 4.92 Å². The molecule has 1 aromatic heterocycles. The van der Waals surface area contributed by atoms with Gasteiger partial charge in [0.1, 0.15) is 6.20 Å². The Hall–Kier alpha value is -1.96. The third-order valence-corrected chi connectivity index (χ3v) is 3.96. The Kier molecular flexibility index (Phi) is 3.76. The average Bonchev–Trinajstić information content (AvgIpc) is 2.42. The van der Waals surface area contributed by atoms with Crippen LogP contribution in [0.2, 0.25) is 0 Å². The summed E-state index contributed by atoms with van der Waals surface area (Å²) in [5.74, 6) is 0.584. The molecule has 110 valence electrons. The molecule has 1 aliphatic carbocycles. The van der Waals surface area contributed by atoms with Crippen LogP contribution in [0.3, 0.4) is 0 Å². The molecule has 2 unspecified atom stereocenters. The van der Waals surface area contributed by atoms with Crippen LogP contribution in [0.25, 0.3) is 0 Å². The van der Waals surface area contributed by atoms with E-state index in [4.69, 9.17) is 4.74 Å². The summed E-state index contributed by atoms with van der Waals surface area (Å²) < 4.78 is 5.37. The highest BCUT2D eigenvalue weighted by molar-refractivity contribution is 5.58. The molecule has 1 aromatic rings. The quantitative estimate of drug-likeness (QED) is 0.625. The second-order valence-corrected chi connectivity index (χ2v) is 5.41. The first kappa shape index (κ1) is 14.4. The summed E-state index contributed by atoms with van der Waals surface area (Å²) in [6, 6.07) is 0.0748. The van der Waals surface area contributed by atoms with E-state index in [1.54, 1.807) is 14.2 Å². The maximum absolute atomic E-state index is 11.0. The first-order valence-electron chi connectivity index (χ1n) is 6.38. The van der Waals surface area contributed by atoms with Gasteiger partial charge in [-0.25, -0.2) is 4.98 Å². The Morgan fingerprint density at radius 1 is 1.55 bits per heavy atom. The van der Waals surface area contributed by atoms with Gasteiger partial charge in [0, 0.05) is 25.6 Å². The van der Waals surface area contributed by atoms with E-state index in [0.717, 1.165) is 6.42 Å². The van der Waals surface area contributed by atoms with Gasteiger partial charge in [0.25, 0.3) is 0 Å². The number of hydrogen-bond donors (Lipinski definition) is 2. The van der Waals surface area contributed by atoms with Crippen molar-refractivity contribution in [2.75, 3.05) is 24.8 Å². The molecule has 0 spiro atoms. The average molecular weight is 281 g/mol. The number of rotatable bonds is 5. The normalized spacial score (nSPS) is 23.8.